The summed E-state index contributed by atoms with van der Waals surface area (Å²) >= 11 is 0. The molecule has 0 bridgehead atoms. The minimum absolute atomic E-state index is 0.101. The number of Topliss-reactive ketones (excluding diaryl/α,β-unsaturated/α-hetero) is 2. The highest BCUT2D eigenvalue weighted by atomic mass is 16.3. The number of aliphatic hydroxyl groups excluding tert-OH is 1. The van der Waals surface area contributed by atoms with E-state index >= 15 is 0 Å². The minimum atomic E-state index is -0.838. The summed E-state index contributed by atoms with van der Waals surface area (Å²) in [7, 11) is 0. The van der Waals surface area contributed by atoms with Gasteiger partial charge in [0.1, 0.15) is 5.76 Å². The molecule has 116 valence electrons. The molecule has 6 nitrogen and oxygen atoms in total. The molecule has 0 amide bonds. The Kier molecular flexibility index (Phi) is 3.97. The lowest BCUT2D eigenvalue weighted by molar-refractivity contribution is -0.130. The zero-order chi connectivity index (χ0) is 17.1. The van der Waals surface area contributed by atoms with Gasteiger partial charge in [0.2, 0.25) is 11.6 Å². The van der Waals surface area contributed by atoms with Gasteiger partial charge in [-0.1, -0.05) is 65.8 Å². The molecule has 0 atom stereocenters. The summed E-state index contributed by atoms with van der Waals surface area (Å²) < 4.78 is 0. The van der Waals surface area contributed by atoms with E-state index in [1.165, 1.54) is 0 Å². The Bertz CT molecular complexity index is 938. The number of ketones is 2. The molecule has 1 aliphatic carbocycles. The van der Waals surface area contributed by atoms with E-state index in [0.29, 0.717) is 11.1 Å². The van der Waals surface area contributed by atoms with Gasteiger partial charge in [-0.25, -0.2) is 0 Å². The average molecular weight is 317 g/mol. The van der Waals surface area contributed by atoms with Gasteiger partial charge >= 0.3 is 0 Å². The molecule has 0 aliphatic heterocycles. The lowest BCUT2D eigenvalue weighted by Crippen LogP contribution is -2.24. The van der Waals surface area contributed by atoms with Crippen molar-refractivity contribution in [3.05, 3.63) is 93.7 Å². The Hall–Kier alpha value is -3.63. The van der Waals surface area contributed by atoms with Gasteiger partial charge in [-0.3, -0.25) is 9.59 Å². The maximum atomic E-state index is 12.6. The summed E-state index contributed by atoms with van der Waals surface area (Å²) in [5, 5.41) is 14.0. The van der Waals surface area contributed by atoms with E-state index < -0.39 is 17.3 Å². The molecule has 0 fully saturated rings. The van der Waals surface area contributed by atoms with Gasteiger partial charge in [-0.2, -0.15) is 0 Å². The maximum Gasteiger partial charge on any atom is 0.237 e. The van der Waals surface area contributed by atoms with E-state index in [1.807, 2.05) is 0 Å². The molecule has 0 unspecified atom stereocenters. The highest BCUT2D eigenvalue weighted by Crippen LogP contribution is 2.36. The number of nitrogens with zero attached hydrogens (tertiary/aromatic N) is 3. The summed E-state index contributed by atoms with van der Waals surface area (Å²) in [6.07, 6.45) is 0. The molecule has 0 saturated carbocycles. The molecule has 6 heteroatoms. The SMILES string of the molecule is [N-]=[N+]=NC1=C(c2ccccc2)C(=O)C(=O)C(c2ccccc2)=C1O. The first-order valence-corrected chi connectivity index (χ1v) is 7.08. The van der Waals surface area contributed by atoms with E-state index in [2.05, 4.69) is 10.0 Å². The van der Waals surface area contributed by atoms with Crippen LogP contribution in [0.3, 0.4) is 0 Å². The predicted octanol–water partition coefficient (Wildman–Crippen LogP) is 3.83. The number of hydrogen-bond donors (Lipinski definition) is 1. The maximum absolute atomic E-state index is 12.6. The summed E-state index contributed by atoms with van der Waals surface area (Å²) in [6, 6.07) is 16.6. The Morgan fingerprint density at radius 2 is 1.25 bits per heavy atom. The van der Waals surface area contributed by atoms with E-state index in [4.69, 9.17) is 5.53 Å². The number of carbonyl (C=O) groups excluding carboxylic acids is 2. The molecule has 0 spiro atoms. The van der Waals surface area contributed by atoms with Crippen LogP contribution in [-0.4, -0.2) is 16.7 Å². The zero-order valence-electron chi connectivity index (χ0n) is 12.4. The third-order valence-electron chi connectivity index (χ3n) is 3.63. The molecule has 3 rings (SSSR count). The van der Waals surface area contributed by atoms with Gasteiger partial charge in [-0.05, 0) is 16.7 Å². The van der Waals surface area contributed by atoms with Gasteiger partial charge in [0.05, 0.1) is 11.3 Å². The van der Waals surface area contributed by atoms with Crippen molar-refractivity contribution in [3.63, 3.8) is 0 Å². The molecule has 2 aromatic rings. The van der Waals surface area contributed by atoms with Gasteiger partial charge in [-0.15, -0.1) is 0 Å². The van der Waals surface area contributed by atoms with Crippen LogP contribution in [0.4, 0.5) is 0 Å². The highest BCUT2D eigenvalue weighted by molar-refractivity contribution is 6.66. The molecule has 2 aromatic carbocycles. The van der Waals surface area contributed by atoms with Gasteiger partial charge in [0, 0.05) is 10.5 Å². The van der Waals surface area contributed by atoms with Crippen molar-refractivity contribution in [1.82, 2.24) is 0 Å². The Morgan fingerprint density at radius 1 is 0.792 bits per heavy atom. The number of allylic oxidation sites excluding steroid dienone is 2. The number of benzene rings is 2. The van der Waals surface area contributed by atoms with Crippen LogP contribution in [0.2, 0.25) is 0 Å². The molecule has 0 saturated heterocycles. The van der Waals surface area contributed by atoms with Crippen LogP contribution in [0.15, 0.2) is 77.2 Å². The number of azide groups is 1. The third-order valence-corrected chi connectivity index (χ3v) is 3.63. The fourth-order valence-electron chi connectivity index (χ4n) is 2.57. The fraction of sp³-hybridized carbons (Fsp3) is 0. The number of hydrogen-bond acceptors (Lipinski definition) is 4. The van der Waals surface area contributed by atoms with Crippen molar-refractivity contribution >= 4 is 22.7 Å². The Balaban J connectivity index is 2.33. The van der Waals surface area contributed by atoms with Gasteiger partial charge < -0.3 is 5.11 Å². The molecule has 0 heterocycles. The van der Waals surface area contributed by atoms with Crippen LogP contribution in [0.25, 0.3) is 21.6 Å². The normalized spacial score (nSPS) is 14.7. The molecule has 1 aliphatic rings. The second-order valence-corrected chi connectivity index (χ2v) is 5.03. The lowest BCUT2D eigenvalue weighted by Gasteiger charge is -2.19. The van der Waals surface area contributed by atoms with Crippen molar-refractivity contribution < 1.29 is 14.7 Å². The quantitative estimate of drug-likeness (QED) is 0.306. The number of aliphatic hydroxyl groups is 1. The van der Waals surface area contributed by atoms with E-state index in [1.54, 1.807) is 60.7 Å². The predicted molar refractivity (Wildman–Crippen MR) is 88.5 cm³/mol. The topological polar surface area (TPSA) is 103 Å². The van der Waals surface area contributed by atoms with Crippen LogP contribution in [0.5, 0.6) is 0 Å². The summed E-state index contributed by atoms with van der Waals surface area (Å²) in [4.78, 5) is 27.8. The summed E-state index contributed by atoms with van der Waals surface area (Å²) in [5.41, 5.74) is 9.08. The van der Waals surface area contributed by atoms with Crippen LogP contribution in [0, 0.1) is 0 Å². The zero-order valence-corrected chi connectivity index (χ0v) is 12.4. The van der Waals surface area contributed by atoms with Gasteiger partial charge in [0.25, 0.3) is 0 Å². The molecule has 0 radical (unpaired) electrons. The molecular weight excluding hydrogens is 306 g/mol. The number of rotatable bonds is 3. The number of carbonyl (C=O) groups is 2. The van der Waals surface area contributed by atoms with Crippen LogP contribution in [-0.2, 0) is 9.59 Å². The van der Waals surface area contributed by atoms with Gasteiger partial charge in [0.15, 0.2) is 0 Å². The molecule has 24 heavy (non-hydrogen) atoms. The van der Waals surface area contributed by atoms with Crippen LogP contribution in [0.1, 0.15) is 11.1 Å². The highest BCUT2D eigenvalue weighted by Gasteiger charge is 2.36. The standard InChI is InChI=1S/C18H11N3O3/c19-21-20-15-13(11-7-3-1-4-8-11)17(23)18(24)14(16(15)22)12-9-5-2-6-10-12/h1-10,22H. The Morgan fingerprint density at radius 3 is 1.75 bits per heavy atom. The molecular formula is C18H11N3O3. The largest absolute Gasteiger partial charge is 0.507 e. The molecule has 1 N–H and O–H groups in total. The van der Waals surface area contributed by atoms with Crippen molar-refractivity contribution in [2.24, 2.45) is 5.11 Å². The first kappa shape index (κ1) is 15.3. The lowest BCUT2D eigenvalue weighted by atomic mass is 9.85. The van der Waals surface area contributed by atoms with Crippen molar-refractivity contribution in [2.75, 3.05) is 0 Å². The first-order chi connectivity index (χ1) is 11.6. The Labute approximate surface area is 137 Å². The van der Waals surface area contributed by atoms with Crippen molar-refractivity contribution in [1.29, 1.82) is 0 Å². The monoisotopic (exact) mass is 317 g/mol. The van der Waals surface area contributed by atoms with Crippen LogP contribution < -0.4 is 0 Å². The van der Waals surface area contributed by atoms with E-state index in [9.17, 15) is 14.7 Å². The average Bonchev–Trinajstić information content (AvgIpc) is 2.62. The summed E-state index contributed by atoms with van der Waals surface area (Å²) in [5.74, 6) is -2.16. The smallest absolute Gasteiger partial charge is 0.237 e. The summed E-state index contributed by atoms with van der Waals surface area (Å²) in [6.45, 7) is 0. The minimum Gasteiger partial charge on any atom is -0.507 e. The molecule has 0 aromatic heterocycles. The van der Waals surface area contributed by atoms with Crippen molar-refractivity contribution in [2.45, 2.75) is 0 Å². The second-order valence-electron chi connectivity index (χ2n) is 5.03. The second kappa shape index (κ2) is 6.24. The fourth-order valence-corrected chi connectivity index (χ4v) is 2.57. The van der Waals surface area contributed by atoms with Crippen molar-refractivity contribution in [3.8, 4) is 0 Å². The first-order valence-electron chi connectivity index (χ1n) is 7.08. The van der Waals surface area contributed by atoms with E-state index in [0.717, 1.165) is 0 Å². The third kappa shape index (κ3) is 2.47. The van der Waals surface area contributed by atoms with Crippen LogP contribution >= 0.6 is 0 Å². The van der Waals surface area contributed by atoms with E-state index in [-0.39, 0.29) is 16.8 Å².